The number of aryl methyl sites for hydroxylation is 1. The number of amides is 1. The third-order valence-corrected chi connectivity index (χ3v) is 4.04. The second-order valence-electron chi connectivity index (χ2n) is 5.86. The van der Waals surface area contributed by atoms with Gasteiger partial charge in [-0.3, -0.25) is 14.4 Å². The van der Waals surface area contributed by atoms with E-state index in [1.165, 1.54) is 18.3 Å². The molecule has 132 valence electrons. The van der Waals surface area contributed by atoms with Crippen LogP contribution in [-0.2, 0) is 13.1 Å². The van der Waals surface area contributed by atoms with E-state index in [2.05, 4.69) is 5.32 Å². The van der Waals surface area contributed by atoms with Gasteiger partial charge in [0.05, 0.1) is 5.69 Å². The molecule has 2 aromatic rings. The number of nitrogens with zero attached hydrogens (tertiary/aromatic N) is 1. The Labute approximate surface area is 145 Å². The van der Waals surface area contributed by atoms with Crippen molar-refractivity contribution in [2.45, 2.75) is 39.8 Å². The number of carbonyl (C=O) groups excluding carboxylic acids is 2. The molecule has 0 fully saturated rings. The minimum atomic E-state index is -0.514. The summed E-state index contributed by atoms with van der Waals surface area (Å²) in [5.74, 6) is -0.867. The van der Waals surface area contributed by atoms with Crippen LogP contribution in [-0.4, -0.2) is 16.8 Å². The number of pyridine rings is 1. The highest BCUT2D eigenvalue weighted by atomic mass is 19.1. The number of aromatic nitrogens is 1. The van der Waals surface area contributed by atoms with Crippen LogP contribution in [0.15, 0.2) is 35.3 Å². The van der Waals surface area contributed by atoms with Gasteiger partial charge in [0.2, 0.25) is 0 Å². The molecule has 0 aliphatic carbocycles. The fourth-order valence-electron chi connectivity index (χ4n) is 2.53. The summed E-state index contributed by atoms with van der Waals surface area (Å²) < 4.78 is 14.6. The zero-order chi connectivity index (χ0) is 18.4. The molecule has 0 spiro atoms. The molecule has 6 heteroatoms. The first-order chi connectivity index (χ1) is 12.0. The van der Waals surface area contributed by atoms with E-state index < -0.39 is 11.3 Å². The molecular formula is C19H21FN2O3. The van der Waals surface area contributed by atoms with Gasteiger partial charge in [-0.25, -0.2) is 4.39 Å². The van der Waals surface area contributed by atoms with Crippen LogP contribution in [0.2, 0.25) is 0 Å². The van der Waals surface area contributed by atoms with Gasteiger partial charge in [0.1, 0.15) is 11.4 Å². The van der Waals surface area contributed by atoms with E-state index in [4.69, 9.17) is 0 Å². The third kappa shape index (κ3) is 4.41. The lowest BCUT2D eigenvalue weighted by Gasteiger charge is -2.14. The fourth-order valence-corrected chi connectivity index (χ4v) is 2.53. The lowest BCUT2D eigenvalue weighted by molar-refractivity contribution is 0.0947. The van der Waals surface area contributed by atoms with Gasteiger partial charge in [0.15, 0.2) is 11.7 Å². The van der Waals surface area contributed by atoms with Crippen molar-refractivity contribution < 1.29 is 14.0 Å². The Morgan fingerprint density at radius 3 is 2.56 bits per heavy atom. The third-order valence-electron chi connectivity index (χ3n) is 4.04. The molecule has 0 radical (unpaired) electrons. The summed E-state index contributed by atoms with van der Waals surface area (Å²) in [6.45, 7) is 4.31. The molecule has 1 N–H and O–H groups in total. The van der Waals surface area contributed by atoms with E-state index in [9.17, 15) is 18.8 Å². The molecule has 5 nitrogen and oxygen atoms in total. The predicted molar refractivity (Wildman–Crippen MR) is 93.3 cm³/mol. The molecule has 0 aliphatic heterocycles. The summed E-state index contributed by atoms with van der Waals surface area (Å²) in [6, 6.07) is 5.75. The van der Waals surface area contributed by atoms with Crippen LogP contribution in [0.5, 0.6) is 0 Å². The zero-order valence-electron chi connectivity index (χ0n) is 14.3. The average Bonchev–Trinajstić information content (AvgIpc) is 2.61. The summed E-state index contributed by atoms with van der Waals surface area (Å²) in [6.07, 6.45) is 3.84. The largest absolute Gasteiger partial charge is 0.348 e. The fraction of sp³-hybridized carbons (Fsp3) is 0.316. The molecule has 2 rings (SSSR count). The Balaban J connectivity index is 2.25. The standard InChI is InChI=1S/C19H21FN2O3/c1-3-4-9-22-11-16(18(24)13(2)17(22)12-23)19(25)21-10-14-5-7-15(20)8-6-14/h5-8,11-12H,3-4,9-10H2,1-2H3,(H,21,25). The van der Waals surface area contributed by atoms with Crippen molar-refractivity contribution in [3.05, 3.63) is 68.9 Å². The molecule has 1 aromatic heterocycles. The van der Waals surface area contributed by atoms with Crippen molar-refractivity contribution in [2.75, 3.05) is 0 Å². The number of hydrogen-bond acceptors (Lipinski definition) is 3. The smallest absolute Gasteiger partial charge is 0.257 e. The van der Waals surface area contributed by atoms with E-state index in [-0.39, 0.29) is 23.5 Å². The maximum Gasteiger partial charge on any atom is 0.257 e. The monoisotopic (exact) mass is 344 g/mol. The minimum absolute atomic E-state index is 0.00122. The topological polar surface area (TPSA) is 68.2 Å². The van der Waals surface area contributed by atoms with Gasteiger partial charge in [-0.05, 0) is 31.0 Å². The van der Waals surface area contributed by atoms with Gasteiger partial charge in [0.25, 0.3) is 5.91 Å². The van der Waals surface area contributed by atoms with Crippen LogP contribution >= 0.6 is 0 Å². The summed E-state index contributed by atoms with van der Waals surface area (Å²) in [7, 11) is 0. The minimum Gasteiger partial charge on any atom is -0.348 e. The van der Waals surface area contributed by atoms with Crippen LogP contribution < -0.4 is 10.7 Å². The van der Waals surface area contributed by atoms with Crippen molar-refractivity contribution in [3.8, 4) is 0 Å². The Morgan fingerprint density at radius 1 is 1.28 bits per heavy atom. The van der Waals surface area contributed by atoms with E-state index in [1.807, 2.05) is 6.92 Å². The molecule has 0 atom stereocenters. The Kier molecular flexibility index (Phi) is 6.22. The highest BCUT2D eigenvalue weighted by Gasteiger charge is 2.17. The van der Waals surface area contributed by atoms with Crippen molar-refractivity contribution in [3.63, 3.8) is 0 Å². The average molecular weight is 344 g/mol. The highest BCUT2D eigenvalue weighted by Crippen LogP contribution is 2.08. The normalized spacial score (nSPS) is 10.5. The maximum atomic E-state index is 12.9. The molecule has 0 saturated carbocycles. The highest BCUT2D eigenvalue weighted by molar-refractivity contribution is 5.94. The first kappa shape index (κ1) is 18.6. The van der Waals surface area contributed by atoms with Gasteiger partial charge in [0, 0.05) is 24.8 Å². The Bertz CT molecular complexity index is 826. The SMILES string of the molecule is CCCCn1cc(C(=O)NCc2ccc(F)cc2)c(=O)c(C)c1C=O. The summed E-state index contributed by atoms with van der Waals surface area (Å²) >= 11 is 0. The summed E-state index contributed by atoms with van der Waals surface area (Å²) in [4.78, 5) is 36.1. The molecule has 1 heterocycles. The molecule has 0 unspecified atom stereocenters. The second kappa shape index (κ2) is 8.37. The number of carbonyl (C=O) groups is 2. The quantitative estimate of drug-likeness (QED) is 0.785. The number of unbranched alkanes of at least 4 members (excludes halogenated alkanes) is 1. The Hall–Kier alpha value is -2.76. The first-order valence-corrected chi connectivity index (χ1v) is 8.19. The van der Waals surface area contributed by atoms with Crippen LogP contribution in [0, 0.1) is 12.7 Å². The second-order valence-corrected chi connectivity index (χ2v) is 5.86. The summed E-state index contributed by atoms with van der Waals surface area (Å²) in [5, 5.41) is 2.66. The van der Waals surface area contributed by atoms with Crippen molar-refractivity contribution >= 4 is 12.2 Å². The van der Waals surface area contributed by atoms with Gasteiger partial charge in [-0.2, -0.15) is 0 Å². The van der Waals surface area contributed by atoms with Gasteiger partial charge < -0.3 is 9.88 Å². The van der Waals surface area contributed by atoms with Crippen LogP contribution in [0.1, 0.15) is 51.7 Å². The molecule has 0 saturated heterocycles. The number of hydrogen-bond donors (Lipinski definition) is 1. The molecular weight excluding hydrogens is 323 g/mol. The van der Waals surface area contributed by atoms with Crippen LogP contribution in [0.3, 0.4) is 0 Å². The van der Waals surface area contributed by atoms with Gasteiger partial charge in [-0.15, -0.1) is 0 Å². The zero-order valence-corrected chi connectivity index (χ0v) is 14.3. The van der Waals surface area contributed by atoms with E-state index in [0.717, 1.165) is 18.4 Å². The molecule has 1 amide bonds. The molecule has 0 bridgehead atoms. The maximum absolute atomic E-state index is 12.9. The molecule has 0 aliphatic rings. The number of rotatable bonds is 7. The van der Waals surface area contributed by atoms with Crippen molar-refractivity contribution in [1.82, 2.24) is 9.88 Å². The first-order valence-electron chi connectivity index (χ1n) is 8.19. The van der Waals surface area contributed by atoms with E-state index in [1.54, 1.807) is 23.6 Å². The van der Waals surface area contributed by atoms with Crippen molar-refractivity contribution in [2.24, 2.45) is 0 Å². The van der Waals surface area contributed by atoms with E-state index >= 15 is 0 Å². The predicted octanol–water partition coefficient (Wildman–Crippen LogP) is 2.84. The number of halogens is 1. The Morgan fingerprint density at radius 2 is 1.96 bits per heavy atom. The van der Waals surface area contributed by atoms with Crippen molar-refractivity contribution in [1.29, 1.82) is 0 Å². The van der Waals surface area contributed by atoms with E-state index in [0.29, 0.717) is 18.5 Å². The molecule has 1 aromatic carbocycles. The van der Waals surface area contributed by atoms with Gasteiger partial charge >= 0.3 is 0 Å². The lowest BCUT2D eigenvalue weighted by Crippen LogP contribution is -2.31. The van der Waals surface area contributed by atoms with Gasteiger partial charge in [-0.1, -0.05) is 25.5 Å². The lowest BCUT2D eigenvalue weighted by atomic mass is 10.1. The summed E-state index contributed by atoms with van der Waals surface area (Å²) in [5.41, 5.74) is 0.837. The van der Waals surface area contributed by atoms with Crippen LogP contribution in [0.4, 0.5) is 4.39 Å². The number of nitrogens with one attached hydrogen (secondary N) is 1. The molecule has 25 heavy (non-hydrogen) atoms. The van der Waals surface area contributed by atoms with Crippen LogP contribution in [0.25, 0.3) is 0 Å². The number of aldehydes is 1. The number of benzene rings is 1.